The van der Waals surface area contributed by atoms with Crippen molar-refractivity contribution in [2.75, 3.05) is 0 Å². The number of halogens is 1. The fourth-order valence-corrected chi connectivity index (χ4v) is 2.66. The van der Waals surface area contributed by atoms with E-state index in [9.17, 15) is 0 Å². The van der Waals surface area contributed by atoms with Crippen molar-refractivity contribution in [1.29, 1.82) is 0 Å². The monoisotopic (exact) mass is 276 g/mol. The molecule has 0 saturated heterocycles. The molecule has 0 aliphatic rings. The Labute approximate surface area is 91.7 Å². The van der Waals surface area contributed by atoms with Crippen LogP contribution in [0.4, 0.5) is 0 Å². The van der Waals surface area contributed by atoms with Crippen LogP contribution in [0.25, 0.3) is 0 Å². The number of hydrogen-bond donors (Lipinski definition) is 0. The molecule has 0 aliphatic carbocycles. The zero-order valence-electron chi connectivity index (χ0n) is 6.44. The summed E-state index contributed by atoms with van der Waals surface area (Å²) in [4.78, 5) is 4.03. The van der Waals surface area contributed by atoms with Crippen LogP contribution in [0, 0.1) is 0 Å². The normalized spacial score (nSPS) is 10.5. The highest BCUT2D eigenvalue weighted by molar-refractivity contribution is 9.10. The molecule has 0 atom stereocenters. The number of rotatable bonds is 3. The summed E-state index contributed by atoms with van der Waals surface area (Å²) in [5.41, 5.74) is 0. The summed E-state index contributed by atoms with van der Waals surface area (Å²) in [6, 6.07) is 4.09. The highest BCUT2D eigenvalue weighted by atomic mass is 79.9. The molecule has 0 radical (unpaired) electrons. The number of thiophene rings is 1. The third-order valence-corrected chi connectivity index (χ3v) is 3.71. The summed E-state index contributed by atoms with van der Waals surface area (Å²) < 4.78 is 6.71. The average molecular weight is 277 g/mol. The molecule has 6 heteroatoms. The van der Waals surface area contributed by atoms with Gasteiger partial charge in [-0.2, -0.15) is 4.98 Å². The molecule has 68 valence electrons. The van der Waals surface area contributed by atoms with Gasteiger partial charge >= 0.3 is 0 Å². The summed E-state index contributed by atoms with van der Waals surface area (Å²) in [5.74, 6) is 1.37. The van der Waals surface area contributed by atoms with Gasteiger partial charge in [0.1, 0.15) is 0 Å². The van der Waals surface area contributed by atoms with Crippen molar-refractivity contribution in [2.24, 2.45) is 0 Å². The van der Waals surface area contributed by atoms with Crippen molar-refractivity contribution in [3.05, 3.63) is 28.1 Å². The maximum Gasteiger partial charge on any atom is 0.238 e. The quantitative estimate of drug-likeness (QED) is 0.808. The predicted molar refractivity (Wildman–Crippen MR) is 55.9 cm³/mol. The van der Waals surface area contributed by atoms with Gasteiger partial charge in [0.25, 0.3) is 0 Å². The Morgan fingerprint density at radius 2 is 2.54 bits per heavy atom. The molecule has 0 aromatic carbocycles. The second kappa shape index (κ2) is 4.26. The van der Waals surface area contributed by atoms with Gasteiger partial charge in [0.2, 0.25) is 10.6 Å². The molecule has 2 aromatic rings. The largest absolute Gasteiger partial charge is 0.338 e. The zero-order valence-corrected chi connectivity index (χ0v) is 9.66. The maximum atomic E-state index is 4.94. The van der Waals surface area contributed by atoms with E-state index in [1.54, 1.807) is 23.1 Å². The molecule has 0 fully saturated rings. The topological polar surface area (TPSA) is 38.9 Å². The van der Waals surface area contributed by atoms with Gasteiger partial charge in [-0.3, -0.25) is 0 Å². The summed E-state index contributed by atoms with van der Waals surface area (Å²) in [5, 5.41) is 5.68. The van der Waals surface area contributed by atoms with E-state index in [0.717, 1.165) is 5.75 Å². The molecule has 0 spiro atoms. The van der Waals surface area contributed by atoms with Gasteiger partial charge in [0.15, 0.2) is 0 Å². The Bertz CT molecular complexity index is 374. The number of thioether (sulfide) groups is 1. The Kier molecular flexibility index (Phi) is 3.02. The van der Waals surface area contributed by atoms with E-state index >= 15 is 0 Å². The lowest BCUT2D eigenvalue weighted by Crippen LogP contribution is -1.77. The van der Waals surface area contributed by atoms with E-state index in [2.05, 4.69) is 32.1 Å². The van der Waals surface area contributed by atoms with Crippen LogP contribution >= 0.6 is 39.0 Å². The van der Waals surface area contributed by atoms with Crippen molar-refractivity contribution >= 4 is 39.0 Å². The van der Waals surface area contributed by atoms with E-state index in [1.165, 1.54) is 4.21 Å². The molecule has 2 heterocycles. The Balaban J connectivity index is 1.93. The second-order valence-electron chi connectivity index (χ2n) is 2.18. The standard InChI is InChI=1S/C7H5BrN2OS2/c8-7-9-5(11-10-7)4-13-6-2-1-3-12-6/h1-3H,4H2. The highest BCUT2D eigenvalue weighted by Crippen LogP contribution is 2.26. The molecule has 13 heavy (non-hydrogen) atoms. The van der Waals surface area contributed by atoms with Gasteiger partial charge in [0, 0.05) is 0 Å². The Morgan fingerprint density at radius 3 is 3.15 bits per heavy atom. The molecular formula is C7H5BrN2OS2. The van der Waals surface area contributed by atoms with Crippen LogP contribution in [0.2, 0.25) is 0 Å². The van der Waals surface area contributed by atoms with Gasteiger partial charge in [-0.15, -0.1) is 23.1 Å². The van der Waals surface area contributed by atoms with Gasteiger partial charge in [0.05, 0.1) is 9.96 Å². The van der Waals surface area contributed by atoms with Crippen molar-refractivity contribution < 1.29 is 4.52 Å². The molecule has 0 amide bonds. The fraction of sp³-hybridized carbons (Fsp3) is 0.143. The third kappa shape index (κ3) is 2.55. The van der Waals surface area contributed by atoms with Gasteiger partial charge < -0.3 is 4.52 Å². The van der Waals surface area contributed by atoms with Crippen molar-refractivity contribution in [1.82, 2.24) is 10.1 Å². The highest BCUT2D eigenvalue weighted by Gasteiger charge is 2.04. The van der Waals surface area contributed by atoms with Crippen molar-refractivity contribution in [3.63, 3.8) is 0 Å². The van der Waals surface area contributed by atoms with E-state index < -0.39 is 0 Å². The first-order chi connectivity index (χ1) is 6.34. The SMILES string of the molecule is Brc1noc(CSc2cccs2)n1. The number of aromatic nitrogens is 2. The lowest BCUT2D eigenvalue weighted by Gasteiger charge is -1.90. The molecule has 0 aliphatic heterocycles. The summed E-state index contributed by atoms with van der Waals surface area (Å²) >= 11 is 6.53. The lowest BCUT2D eigenvalue weighted by atomic mass is 10.7. The lowest BCUT2D eigenvalue weighted by molar-refractivity contribution is 0.387. The van der Waals surface area contributed by atoms with Crippen LogP contribution in [0.15, 0.2) is 31.0 Å². The van der Waals surface area contributed by atoms with Crippen LogP contribution in [0.1, 0.15) is 5.89 Å². The number of nitrogens with zero attached hydrogens (tertiary/aromatic N) is 2. The molecule has 2 aromatic heterocycles. The molecule has 0 N–H and O–H groups in total. The molecule has 0 bridgehead atoms. The van der Waals surface area contributed by atoms with E-state index in [-0.39, 0.29) is 0 Å². The van der Waals surface area contributed by atoms with Crippen molar-refractivity contribution in [3.8, 4) is 0 Å². The first-order valence-corrected chi connectivity index (χ1v) is 6.15. The molecule has 0 unspecified atom stereocenters. The van der Waals surface area contributed by atoms with Crippen LogP contribution in [0.3, 0.4) is 0 Å². The van der Waals surface area contributed by atoms with E-state index in [4.69, 9.17) is 4.52 Å². The molecule has 2 rings (SSSR count). The van der Waals surface area contributed by atoms with Crippen LogP contribution < -0.4 is 0 Å². The van der Waals surface area contributed by atoms with Crippen LogP contribution in [-0.2, 0) is 5.75 Å². The number of hydrogen-bond acceptors (Lipinski definition) is 5. The third-order valence-electron chi connectivity index (χ3n) is 1.28. The minimum Gasteiger partial charge on any atom is -0.338 e. The smallest absolute Gasteiger partial charge is 0.238 e. The fourth-order valence-electron chi connectivity index (χ4n) is 0.771. The Morgan fingerprint density at radius 1 is 1.62 bits per heavy atom. The zero-order chi connectivity index (χ0) is 9.10. The molecule has 0 saturated carbocycles. The summed E-state index contributed by atoms with van der Waals surface area (Å²) in [7, 11) is 0. The van der Waals surface area contributed by atoms with E-state index in [0.29, 0.717) is 10.6 Å². The minimum atomic E-state index is 0.509. The second-order valence-corrected chi connectivity index (χ2v) is 5.11. The van der Waals surface area contributed by atoms with E-state index in [1.807, 2.05) is 11.4 Å². The Hall–Kier alpha value is -0.330. The van der Waals surface area contributed by atoms with Gasteiger partial charge in [-0.1, -0.05) is 6.07 Å². The molecular weight excluding hydrogens is 272 g/mol. The summed E-state index contributed by atoms with van der Waals surface area (Å²) in [6.45, 7) is 0. The minimum absolute atomic E-state index is 0.509. The summed E-state index contributed by atoms with van der Waals surface area (Å²) in [6.07, 6.45) is 0. The first-order valence-electron chi connectivity index (χ1n) is 3.49. The molecule has 3 nitrogen and oxygen atoms in total. The first kappa shape index (κ1) is 9.23. The maximum absolute atomic E-state index is 4.94. The predicted octanol–water partition coefficient (Wildman–Crippen LogP) is 3.19. The van der Waals surface area contributed by atoms with Crippen molar-refractivity contribution in [2.45, 2.75) is 9.96 Å². The average Bonchev–Trinajstić information content (AvgIpc) is 2.71. The van der Waals surface area contributed by atoms with Gasteiger partial charge in [-0.05, 0) is 32.5 Å². The van der Waals surface area contributed by atoms with Crippen LogP contribution in [0.5, 0.6) is 0 Å². The van der Waals surface area contributed by atoms with Gasteiger partial charge in [-0.25, -0.2) is 0 Å². The van der Waals surface area contributed by atoms with Crippen LogP contribution in [-0.4, -0.2) is 10.1 Å².